The van der Waals surface area contributed by atoms with Gasteiger partial charge in [-0.15, -0.1) is 0 Å². The second-order valence-corrected chi connectivity index (χ2v) is 14.5. The van der Waals surface area contributed by atoms with Crippen LogP contribution in [0.15, 0.2) is 71.5 Å². The average molecular weight is 748 g/mol. The van der Waals surface area contributed by atoms with E-state index < -0.39 is 35.3 Å². The van der Waals surface area contributed by atoms with Crippen LogP contribution in [0.3, 0.4) is 0 Å². The van der Waals surface area contributed by atoms with E-state index in [0.717, 1.165) is 54.5 Å². The predicted molar refractivity (Wildman–Crippen MR) is 210 cm³/mol. The van der Waals surface area contributed by atoms with Crippen molar-refractivity contribution in [2.45, 2.75) is 97.2 Å². The number of carbonyl (C=O) groups excluding carboxylic acids is 4. The molecule has 3 aromatic rings. The summed E-state index contributed by atoms with van der Waals surface area (Å²) in [5.41, 5.74) is 9.48. The van der Waals surface area contributed by atoms with E-state index in [-0.39, 0.29) is 18.0 Å². The van der Waals surface area contributed by atoms with Gasteiger partial charge in [0.2, 0.25) is 0 Å². The number of aromatic nitrogens is 1. The van der Waals surface area contributed by atoms with Gasteiger partial charge >= 0.3 is 18.1 Å². The third kappa shape index (κ3) is 12.8. The van der Waals surface area contributed by atoms with E-state index in [0.29, 0.717) is 31.3 Å². The molecule has 1 aliphatic rings. The smallest absolute Gasteiger partial charge is 0.426 e. The monoisotopic (exact) mass is 747 g/mol. The van der Waals surface area contributed by atoms with Crippen molar-refractivity contribution >= 4 is 35.3 Å². The van der Waals surface area contributed by atoms with Gasteiger partial charge in [-0.2, -0.15) is 0 Å². The number of pyridine rings is 1. The molecular weight excluding hydrogens is 690 g/mol. The minimum absolute atomic E-state index is 0.00950. The van der Waals surface area contributed by atoms with Crippen LogP contribution in [-0.4, -0.2) is 83.3 Å². The Balaban J connectivity index is 0.000000342. The van der Waals surface area contributed by atoms with E-state index in [1.54, 1.807) is 59.9 Å². The Morgan fingerprint density at radius 1 is 1.07 bits per heavy atom. The normalized spacial score (nSPS) is 15.8. The number of H-pyrrole nitrogens is 1. The van der Waals surface area contributed by atoms with Gasteiger partial charge in [0.15, 0.2) is 5.43 Å². The number of unbranched alkanes of at least 4 members (excludes halogenated alkanes) is 3. The quantitative estimate of drug-likeness (QED) is 0.0562. The molecule has 4 rings (SSSR count). The second kappa shape index (κ2) is 20.3. The van der Waals surface area contributed by atoms with Crippen LogP contribution < -0.4 is 21.3 Å². The highest BCUT2D eigenvalue weighted by molar-refractivity contribution is 5.83. The van der Waals surface area contributed by atoms with E-state index in [9.17, 15) is 24.0 Å². The number of aldehydes is 1. The number of ether oxygens (including phenoxy) is 3. The molecule has 0 spiro atoms. The Morgan fingerprint density at radius 3 is 2.44 bits per heavy atom. The zero-order valence-electron chi connectivity index (χ0n) is 32.7. The Labute approximate surface area is 318 Å². The molecule has 13 nitrogen and oxygen atoms in total. The van der Waals surface area contributed by atoms with Crippen molar-refractivity contribution in [3.8, 4) is 17.0 Å². The number of hydrogen-bond acceptors (Lipinski definition) is 9. The topological polar surface area (TPSA) is 173 Å². The van der Waals surface area contributed by atoms with Crippen LogP contribution in [0, 0.1) is 5.92 Å². The van der Waals surface area contributed by atoms with E-state index in [2.05, 4.69) is 10.4 Å². The number of nitrogens with two attached hydrogens (primary N) is 1. The first-order valence-corrected chi connectivity index (χ1v) is 18.5. The summed E-state index contributed by atoms with van der Waals surface area (Å²) in [6.07, 6.45) is 8.47. The highest BCUT2D eigenvalue weighted by Gasteiger charge is 2.35. The van der Waals surface area contributed by atoms with Crippen molar-refractivity contribution in [1.29, 1.82) is 0 Å². The Kier molecular flexibility index (Phi) is 16.3. The van der Waals surface area contributed by atoms with Crippen molar-refractivity contribution in [3.63, 3.8) is 0 Å². The van der Waals surface area contributed by atoms with Crippen molar-refractivity contribution in [2.75, 3.05) is 26.8 Å². The van der Waals surface area contributed by atoms with Gasteiger partial charge in [-0.05, 0) is 84.4 Å². The van der Waals surface area contributed by atoms with Gasteiger partial charge in [0.1, 0.15) is 23.2 Å². The standard InChI is InChI=1S/C25H44N4O6.C16H13NO2/c1-7-34-21(31)25(6,26)19(2)14-11-9-8-10-12-17-29(27-22(32)35-24(3,4)5)23(33)28-16-13-15-20(28)18-30;1-19-12-7-8-13-15(9-12)17-14(10-16(13)18)11-5-3-2-4-6-11/h11,14,18-20H,7-10,12-13,15-17,26H2,1-6H3,(H,27,32);2-10H,1H3,(H,17,18)/b14-11-;. The molecule has 0 saturated carbocycles. The second-order valence-electron chi connectivity index (χ2n) is 14.5. The zero-order valence-corrected chi connectivity index (χ0v) is 32.7. The maximum atomic E-state index is 13.0. The number of carbonyl (C=O) groups is 4. The molecule has 1 aliphatic heterocycles. The van der Waals surface area contributed by atoms with Crippen LogP contribution in [0.5, 0.6) is 5.75 Å². The lowest BCUT2D eigenvalue weighted by Crippen LogP contribution is -2.54. The van der Waals surface area contributed by atoms with E-state index in [4.69, 9.17) is 19.9 Å². The summed E-state index contributed by atoms with van der Waals surface area (Å²) < 4.78 is 15.5. The highest BCUT2D eigenvalue weighted by Crippen LogP contribution is 2.22. The Bertz CT molecular complexity index is 1780. The first kappa shape index (κ1) is 43.2. The number of fused-ring (bicyclic) bond motifs is 1. The molecule has 0 bridgehead atoms. The first-order chi connectivity index (χ1) is 25.6. The van der Waals surface area contributed by atoms with Crippen LogP contribution in [0.2, 0.25) is 0 Å². The molecular formula is C41H57N5O8. The largest absolute Gasteiger partial charge is 0.497 e. The number of amides is 3. The van der Waals surface area contributed by atoms with Gasteiger partial charge in [-0.3, -0.25) is 9.59 Å². The summed E-state index contributed by atoms with van der Waals surface area (Å²) in [6, 6.07) is 15.9. The summed E-state index contributed by atoms with van der Waals surface area (Å²) >= 11 is 0. The maximum absolute atomic E-state index is 13.0. The first-order valence-electron chi connectivity index (χ1n) is 18.5. The average Bonchev–Trinajstić information content (AvgIpc) is 3.62. The van der Waals surface area contributed by atoms with Crippen molar-refractivity contribution in [3.05, 3.63) is 77.0 Å². The van der Waals surface area contributed by atoms with Crippen LogP contribution in [0.25, 0.3) is 22.2 Å². The molecule has 3 unspecified atom stereocenters. The number of esters is 1. The highest BCUT2D eigenvalue weighted by atomic mass is 16.6. The number of aromatic amines is 1. The molecule has 3 atom stereocenters. The lowest BCUT2D eigenvalue weighted by Gasteiger charge is -2.31. The SMILES string of the molecule is CCOC(=O)C(C)(N)C(C)/C=C\CCCCCN(NC(=O)OC(C)(C)C)C(=O)N1CCCC1C=O.COc1ccc2c(=O)cc(-c3ccccc3)[nH]c2c1. The lowest BCUT2D eigenvalue weighted by atomic mass is 9.87. The van der Waals surface area contributed by atoms with Gasteiger partial charge in [0, 0.05) is 42.2 Å². The number of methoxy groups -OCH3 is 1. The van der Waals surface area contributed by atoms with E-state index in [1.807, 2.05) is 55.5 Å². The summed E-state index contributed by atoms with van der Waals surface area (Å²) in [5, 5.41) is 1.91. The Morgan fingerprint density at radius 2 is 1.80 bits per heavy atom. The number of likely N-dealkylation sites (tertiary alicyclic amines) is 1. The van der Waals surface area contributed by atoms with Gasteiger partial charge in [-0.1, -0.05) is 55.8 Å². The molecule has 1 saturated heterocycles. The third-order valence-electron chi connectivity index (χ3n) is 9.02. The molecule has 4 N–H and O–H groups in total. The zero-order chi connectivity index (χ0) is 39.9. The van der Waals surface area contributed by atoms with Crippen molar-refractivity contribution in [1.82, 2.24) is 20.3 Å². The minimum atomic E-state index is -1.09. The van der Waals surface area contributed by atoms with Gasteiger partial charge in [-0.25, -0.2) is 20.0 Å². The maximum Gasteiger partial charge on any atom is 0.426 e. The van der Waals surface area contributed by atoms with E-state index >= 15 is 0 Å². The van der Waals surface area contributed by atoms with Gasteiger partial charge in [0.25, 0.3) is 0 Å². The number of hydrazine groups is 1. The van der Waals surface area contributed by atoms with Gasteiger partial charge in [0.05, 0.1) is 25.3 Å². The molecule has 3 amide bonds. The number of rotatable bonds is 13. The predicted octanol–water partition coefficient (Wildman–Crippen LogP) is 6.75. The molecule has 0 radical (unpaired) electrons. The van der Waals surface area contributed by atoms with Crippen LogP contribution in [-0.2, 0) is 19.1 Å². The minimum Gasteiger partial charge on any atom is -0.497 e. The molecule has 1 fully saturated rings. The number of allylic oxidation sites excluding steroid dienone is 1. The number of nitrogens with one attached hydrogen (secondary N) is 2. The van der Waals surface area contributed by atoms with Gasteiger partial charge < -0.3 is 34.6 Å². The lowest BCUT2D eigenvalue weighted by molar-refractivity contribution is -0.150. The molecule has 2 aromatic carbocycles. The van der Waals surface area contributed by atoms with Crippen LogP contribution in [0.1, 0.15) is 80.1 Å². The fourth-order valence-corrected chi connectivity index (χ4v) is 5.75. The third-order valence-corrected chi connectivity index (χ3v) is 9.02. The van der Waals surface area contributed by atoms with E-state index in [1.165, 1.54) is 9.91 Å². The van der Waals surface area contributed by atoms with Crippen molar-refractivity contribution < 1.29 is 33.4 Å². The summed E-state index contributed by atoms with van der Waals surface area (Å²) in [6.45, 7) is 11.6. The summed E-state index contributed by atoms with van der Waals surface area (Å²) in [5.74, 6) is 0.126. The van der Waals surface area contributed by atoms with Crippen molar-refractivity contribution in [2.24, 2.45) is 11.7 Å². The summed E-state index contributed by atoms with van der Waals surface area (Å²) in [7, 11) is 1.61. The number of benzene rings is 2. The molecule has 2 heterocycles. The number of nitrogens with zero attached hydrogens (tertiary/aromatic N) is 2. The van der Waals surface area contributed by atoms with Crippen LogP contribution in [0.4, 0.5) is 9.59 Å². The molecule has 13 heteroatoms. The Hall–Kier alpha value is -5.17. The molecule has 294 valence electrons. The fraction of sp³-hybridized carbons (Fsp3) is 0.488. The molecule has 0 aliphatic carbocycles. The fourth-order valence-electron chi connectivity index (χ4n) is 5.75. The van der Waals surface area contributed by atoms with Crippen LogP contribution >= 0.6 is 0 Å². The molecule has 54 heavy (non-hydrogen) atoms. The molecule has 1 aromatic heterocycles. The summed E-state index contributed by atoms with van der Waals surface area (Å²) in [4.78, 5) is 65.5. The number of hydrogen-bond donors (Lipinski definition) is 3. The number of urea groups is 1.